The van der Waals surface area contributed by atoms with Gasteiger partial charge < -0.3 is 5.32 Å². The van der Waals surface area contributed by atoms with Crippen molar-refractivity contribution in [1.82, 2.24) is 16.2 Å². The predicted octanol–water partition coefficient (Wildman–Crippen LogP) is 3.03. The van der Waals surface area contributed by atoms with E-state index in [1.165, 1.54) is 11.3 Å². The molecule has 0 radical (unpaired) electrons. The summed E-state index contributed by atoms with van der Waals surface area (Å²) in [6.45, 7) is 5.57. The lowest BCUT2D eigenvalue weighted by molar-refractivity contribution is -0.124. The number of thiophene rings is 1. The van der Waals surface area contributed by atoms with Gasteiger partial charge >= 0.3 is 0 Å². The molecular weight excluding hydrogens is 418 g/mol. The summed E-state index contributed by atoms with van der Waals surface area (Å²) >= 11 is 4.54. The fourth-order valence-electron chi connectivity index (χ4n) is 2.16. The molecule has 1 aromatic heterocycles. The number of nitrogens with one attached hydrogen (secondary N) is 3. The third-order valence-electron chi connectivity index (χ3n) is 3.65. The Bertz CT molecular complexity index is 802. The molecule has 8 heteroatoms. The smallest absolute Gasteiger partial charge is 0.279 e. The minimum atomic E-state index is -0.779. The molecule has 26 heavy (non-hydrogen) atoms. The highest BCUT2D eigenvalue weighted by Crippen LogP contribution is 2.21. The van der Waals surface area contributed by atoms with E-state index in [4.69, 9.17) is 0 Å². The Morgan fingerprint density at radius 1 is 0.962 bits per heavy atom. The second kappa shape index (κ2) is 8.95. The summed E-state index contributed by atoms with van der Waals surface area (Å²) in [6, 6.07) is 9.69. The Kier molecular flexibility index (Phi) is 6.93. The molecule has 0 spiro atoms. The first-order valence-corrected chi connectivity index (χ1v) is 9.62. The third kappa shape index (κ3) is 5.40. The van der Waals surface area contributed by atoms with Crippen LogP contribution in [0, 0.1) is 12.8 Å². The zero-order valence-electron chi connectivity index (χ0n) is 14.6. The summed E-state index contributed by atoms with van der Waals surface area (Å²) in [5, 5.41) is 2.71. The summed E-state index contributed by atoms with van der Waals surface area (Å²) in [5.41, 5.74) is 6.26. The van der Waals surface area contributed by atoms with Gasteiger partial charge in [-0.05, 0) is 53.0 Å². The quantitative estimate of drug-likeness (QED) is 0.628. The van der Waals surface area contributed by atoms with Crippen LogP contribution in [0.5, 0.6) is 0 Å². The van der Waals surface area contributed by atoms with Crippen LogP contribution in [0.25, 0.3) is 0 Å². The Morgan fingerprint density at radius 2 is 1.62 bits per heavy atom. The van der Waals surface area contributed by atoms with Gasteiger partial charge in [0.15, 0.2) is 0 Å². The molecular formula is C18H20BrN3O3S. The highest BCUT2D eigenvalue weighted by Gasteiger charge is 2.25. The van der Waals surface area contributed by atoms with E-state index in [2.05, 4.69) is 32.1 Å². The molecule has 0 fully saturated rings. The van der Waals surface area contributed by atoms with Crippen molar-refractivity contribution in [3.05, 3.63) is 56.2 Å². The van der Waals surface area contributed by atoms with Crippen molar-refractivity contribution >= 4 is 45.0 Å². The van der Waals surface area contributed by atoms with Gasteiger partial charge in [0.1, 0.15) is 6.04 Å². The number of halogens is 1. The van der Waals surface area contributed by atoms with Crippen LogP contribution in [0.1, 0.15) is 39.4 Å². The second-order valence-electron chi connectivity index (χ2n) is 6.11. The van der Waals surface area contributed by atoms with Gasteiger partial charge in [0.2, 0.25) is 0 Å². The molecule has 1 atom stereocenters. The van der Waals surface area contributed by atoms with E-state index in [0.717, 1.165) is 9.35 Å². The van der Waals surface area contributed by atoms with Gasteiger partial charge in [-0.3, -0.25) is 25.2 Å². The van der Waals surface area contributed by atoms with Crippen molar-refractivity contribution < 1.29 is 14.4 Å². The van der Waals surface area contributed by atoms with E-state index in [-0.39, 0.29) is 11.8 Å². The average Bonchev–Trinajstić information content (AvgIpc) is 3.04. The van der Waals surface area contributed by atoms with Gasteiger partial charge in [-0.25, -0.2) is 0 Å². The summed E-state index contributed by atoms with van der Waals surface area (Å²) in [5.74, 6) is -1.39. The number of aryl methyl sites for hydroxylation is 1. The van der Waals surface area contributed by atoms with Crippen LogP contribution < -0.4 is 16.2 Å². The molecule has 1 heterocycles. The molecule has 1 unspecified atom stereocenters. The van der Waals surface area contributed by atoms with Gasteiger partial charge in [0.25, 0.3) is 17.7 Å². The van der Waals surface area contributed by atoms with E-state index in [0.29, 0.717) is 10.4 Å². The minimum absolute atomic E-state index is 0.155. The molecule has 3 N–H and O–H groups in total. The van der Waals surface area contributed by atoms with E-state index >= 15 is 0 Å². The standard InChI is InChI=1S/C18H20BrN3O3S/c1-10(2)15(20-16(23)12-6-4-11(3)5-7-12)18(25)22-21-17(24)13-8-9-14(19)26-13/h4-10,15H,1-3H3,(H,20,23)(H,21,24)(H,22,25). The molecule has 0 aliphatic carbocycles. The van der Waals surface area contributed by atoms with Crippen LogP contribution in [0.4, 0.5) is 0 Å². The van der Waals surface area contributed by atoms with Crippen molar-refractivity contribution in [3.63, 3.8) is 0 Å². The van der Waals surface area contributed by atoms with E-state index in [1.54, 1.807) is 24.3 Å². The molecule has 0 bridgehead atoms. The van der Waals surface area contributed by atoms with E-state index in [1.807, 2.05) is 32.9 Å². The molecule has 0 saturated heterocycles. The summed E-state index contributed by atoms with van der Waals surface area (Å²) in [7, 11) is 0. The second-order valence-corrected chi connectivity index (χ2v) is 8.57. The van der Waals surface area contributed by atoms with Crippen LogP contribution >= 0.6 is 27.3 Å². The number of amides is 3. The summed E-state index contributed by atoms with van der Waals surface area (Å²) < 4.78 is 0.819. The lowest BCUT2D eigenvalue weighted by Crippen LogP contribution is -2.54. The minimum Gasteiger partial charge on any atom is -0.340 e. The monoisotopic (exact) mass is 437 g/mol. The third-order valence-corrected chi connectivity index (χ3v) is 5.27. The highest BCUT2D eigenvalue weighted by atomic mass is 79.9. The molecule has 6 nitrogen and oxygen atoms in total. The number of carbonyl (C=O) groups is 3. The van der Waals surface area contributed by atoms with Crippen molar-refractivity contribution in [2.75, 3.05) is 0 Å². The van der Waals surface area contributed by atoms with Gasteiger partial charge in [-0.2, -0.15) is 0 Å². The fourth-order valence-corrected chi connectivity index (χ4v) is 3.44. The van der Waals surface area contributed by atoms with Gasteiger partial charge in [-0.15, -0.1) is 11.3 Å². The Morgan fingerprint density at radius 3 is 2.15 bits per heavy atom. The Labute approximate surface area is 164 Å². The predicted molar refractivity (Wildman–Crippen MR) is 105 cm³/mol. The number of hydrogen-bond acceptors (Lipinski definition) is 4. The van der Waals surface area contributed by atoms with Gasteiger partial charge in [0.05, 0.1) is 8.66 Å². The van der Waals surface area contributed by atoms with Gasteiger partial charge in [0, 0.05) is 5.56 Å². The average molecular weight is 438 g/mol. The van der Waals surface area contributed by atoms with Crippen molar-refractivity contribution in [3.8, 4) is 0 Å². The number of benzene rings is 1. The Hall–Kier alpha value is -2.19. The van der Waals surface area contributed by atoms with Crippen molar-refractivity contribution in [2.45, 2.75) is 26.8 Å². The highest BCUT2D eigenvalue weighted by molar-refractivity contribution is 9.11. The molecule has 0 saturated carbocycles. The van der Waals surface area contributed by atoms with Crippen molar-refractivity contribution in [1.29, 1.82) is 0 Å². The number of rotatable bonds is 5. The van der Waals surface area contributed by atoms with Crippen LogP contribution in [0.15, 0.2) is 40.2 Å². The SMILES string of the molecule is Cc1ccc(C(=O)NC(C(=O)NNC(=O)c2ccc(Br)s2)C(C)C)cc1. The molecule has 2 aromatic rings. The number of hydrazine groups is 1. The zero-order chi connectivity index (χ0) is 19.3. The van der Waals surface area contributed by atoms with Crippen molar-refractivity contribution in [2.24, 2.45) is 5.92 Å². The van der Waals surface area contributed by atoms with Crippen LogP contribution in [0.2, 0.25) is 0 Å². The van der Waals surface area contributed by atoms with E-state index < -0.39 is 17.9 Å². The first kappa shape index (κ1) is 20.1. The maximum Gasteiger partial charge on any atom is 0.279 e. The zero-order valence-corrected chi connectivity index (χ0v) is 17.0. The molecule has 3 amide bonds. The molecule has 2 rings (SSSR count). The first-order valence-electron chi connectivity index (χ1n) is 8.01. The molecule has 0 aliphatic heterocycles. The number of carbonyl (C=O) groups excluding carboxylic acids is 3. The van der Waals surface area contributed by atoms with Gasteiger partial charge in [-0.1, -0.05) is 31.5 Å². The van der Waals surface area contributed by atoms with Crippen LogP contribution in [-0.4, -0.2) is 23.8 Å². The largest absolute Gasteiger partial charge is 0.340 e. The molecule has 138 valence electrons. The maximum atomic E-state index is 12.4. The van der Waals surface area contributed by atoms with Crippen LogP contribution in [-0.2, 0) is 4.79 Å². The lowest BCUT2D eigenvalue weighted by Gasteiger charge is -2.21. The Balaban J connectivity index is 1.97. The lowest BCUT2D eigenvalue weighted by atomic mass is 10.0. The number of hydrogen-bond donors (Lipinski definition) is 3. The molecule has 1 aromatic carbocycles. The maximum absolute atomic E-state index is 12.4. The molecule has 0 aliphatic rings. The normalized spacial score (nSPS) is 11.7. The van der Waals surface area contributed by atoms with Crippen LogP contribution in [0.3, 0.4) is 0 Å². The fraction of sp³-hybridized carbons (Fsp3) is 0.278. The van der Waals surface area contributed by atoms with E-state index in [9.17, 15) is 14.4 Å². The topological polar surface area (TPSA) is 87.3 Å². The summed E-state index contributed by atoms with van der Waals surface area (Å²) in [4.78, 5) is 37.2. The summed E-state index contributed by atoms with van der Waals surface area (Å²) in [6.07, 6.45) is 0. The first-order chi connectivity index (χ1) is 12.3.